The summed E-state index contributed by atoms with van der Waals surface area (Å²) in [5.41, 5.74) is -3.80. The number of fused-ring (bicyclic) bond motifs is 1. The second-order valence-corrected chi connectivity index (χ2v) is 7.50. The predicted octanol–water partition coefficient (Wildman–Crippen LogP) is 4.60. The van der Waals surface area contributed by atoms with E-state index in [-0.39, 0.29) is 23.6 Å². The van der Waals surface area contributed by atoms with Crippen LogP contribution in [0.5, 0.6) is 5.75 Å². The quantitative estimate of drug-likeness (QED) is 0.549. The van der Waals surface area contributed by atoms with Gasteiger partial charge in [0, 0.05) is 31.5 Å². The highest BCUT2D eigenvalue weighted by Crippen LogP contribution is 2.45. The molecule has 3 aromatic rings. The van der Waals surface area contributed by atoms with Crippen molar-refractivity contribution in [2.75, 3.05) is 30.4 Å². The van der Waals surface area contributed by atoms with E-state index in [4.69, 9.17) is 4.74 Å². The predicted molar refractivity (Wildman–Crippen MR) is 110 cm³/mol. The third-order valence-electron chi connectivity index (χ3n) is 5.19. The Morgan fingerprint density at radius 3 is 2.50 bits per heavy atom. The van der Waals surface area contributed by atoms with Crippen molar-refractivity contribution < 1.29 is 35.9 Å². The minimum atomic E-state index is -5.01. The highest BCUT2D eigenvalue weighted by atomic mass is 19.4. The molecule has 180 valence electrons. The molecule has 0 radical (unpaired) electrons. The molecule has 0 saturated heterocycles. The first-order valence-corrected chi connectivity index (χ1v) is 9.84. The Hall–Kier alpha value is -3.77. The summed E-state index contributed by atoms with van der Waals surface area (Å²) in [5, 5.41) is 6.02. The maximum Gasteiger partial charge on any atom is 0.433 e. The largest absolute Gasteiger partial charge is 0.489 e. The molecule has 1 aliphatic heterocycles. The lowest BCUT2D eigenvalue weighted by atomic mass is 10.0. The molecule has 0 aliphatic carbocycles. The Morgan fingerprint density at radius 1 is 1.09 bits per heavy atom. The molecule has 2 aromatic heterocycles. The van der Waals surface area contributed by atoms with Gasteiger partial charge in [0.05, 0.1) is 12.2 Å². The average Bonchev–Trinajstić information content (AvgIpc) is 3.11. The van der Waals surface area contributed by atoms with E-state index in [1.54, 1.807) is 19.2 Å². The number of hydrogen-bond donors (Lipinski definition) is 1. The van der Waals surface area contributed by atoms with E-state index in [0.717, 1.165) is 24.0 Å². The van der Waals surface area contributed by atoms with Gasteiger partial charge >= 0.3 is 12.4 Å². The van der Waals surface area contributed by atoms with Crippen molar-refractivity contribution in [1.29, 1.82) is 0 Å². The van der Waals surface area contributed by atoms with Crippen molar-refractivity contribution in [1.82, 2.24) is 14.8 Å². The minimum absolute atomic E-state index is 0.0364. The highest BCUT2D eigenvalue weighted by molar-refractivity contribution is 6.05. The van der Waals surface area contributed by atoms with Gasteiger partial charge in [0.1, 0.15) is 29.3 Å². The molecule has 7 nitrogen and oxygen atoms in total. The molecule has 1 amide bonds. The smallest absolute Gasteiger partial charge is 0.433 e. The zero-order valence-corrected chi connectivity index (χ0v) is 17.8. The van der Waals surface area contributed by atoms with Crippen LogP contribution in [0.2, 0.25) is 0 Å². The minimum Gasteiger partial charge on any atom is -0.489 e. The van der Waals surface area contributed by atoms with Crippen LogP contribution in [0.25, 0.3) is 11.3 Å². The maximum absolute atomic E-state index is 14.2. The van der Waals surface area contributed by atoms with Gasteiger partial charge < -0.3 is 15.0 Å². The zero-order valence-electron chi connectivity index (χ0n) is 17.8. The number of carbonyl (C=O) groups is 1. The normalized spacial score (nSPS) is 13.9. The molecule has 0 atom stereocenters. The summed E-state index contributed by atoms with van der Waals surface area (Å²) in [7, 11) is 2.90. The second-order valence-electron chi connectivity index (χ2n) is 7.50. The fraction of sp³-hybridized carbons (Fsp3) is 0.286. The molecule has 34 heavy (non-hydrogen) atoms. The number of carbonyl (C=O) groups excluding carboxylic acids is 1. The molecule has 3 heterocycles. The summed E-state index contributed by atoms with van der Waals surface area (Å²) >= 11 is 0. The average molecular weight is 485 g/mol. The van der Waals surface area contributed by atoms with Crippen LogP contribution in [0.15, 0.2) is 36.5 Å². The Bertz CT molecular complexity index is 1250. The van der Waals surface area contributed by atoms with Crippen LogP contribution < -0.4 is 15.0 Å². The number of anilines is 2. The summed E-state index contributed by atoms with van der Waals surface area (Å²) in [6.07, 6.45) is -9.01. The topological polar surface area (TPSA) is 72.3 Å². The third-order valence-corrected chi connectivity index (χ3v) is 5.19. The van der Waals surface area contributed by atoms with Gasteiger partial charge in [-0.25, -0.2) is 0 Å². The Balaban J connectivity index is 1.81. The first-order valence-electron chi connectivity index (χ1n) is 9.84. The number of amides is 1. The van der Waals surface area contributed by atoms with E-state index >= 15 is 0 Å². The van der Waals surface area contributed by atoms with Crippen LogP contribution in [-0.4, -0.2) is 40.9 Å². The molecular weight excluding hydrogens is 468 g/mol. The lowest BCUT2D eigenvalue weighted by molar-refractivity contribution is -0.141. The van der Waals surface area contributed by atoms with E-state index < -0.39 is 40.9 Å². The molecule has 0 bridgehead atoms. The van der Waals surface area contributed by atoms with Crippen LogP contribution in [0.4, 0.5) is 37.7 Å². The first-order chi connectivity index (χ1) is 15.9. The fourth-order valence-electron chi connectivity index (χ4n) is 3.66. The van der Waals surface area contributed by atoms with Crippen molar-refractivity contribution in [2.24, 2.45) is 7.05 Å². The van der Waals surface area contributed by atoms with Crippen LogP contribution >= 0.6 is 0 Å². The maximum atomic E-state index is 14.2. The number of halogens is 6. The molecule has 0 fully saturated rings. The lowest BCUT2D eigenvalue weighted by Crippen LogP contribution is -2.29. The van der Waals surface area contributed by atoms with E-state index in [9.17, 15) is 31.1 Å². The Morgan fingerprint density at radius 2 is 1.82 bits per heavy atom. The molecule has 1 N–H and O–H groups in total. The van der Waals surface area contributed by atoms with Crippen molar-refractivity contribution >= 4 is 17.3 Å². The molecule has 1 aromatic carbocycles. The standard InChI is InChI=1S/C21H17F6N5O2/c1-31-8-9-34-18-12(4-3-5-13(18)31)16-15(21(25,26)27)17(32(2)30-16)19(33)29-11-6-7-28-14(10-11)20(22,23)24/h3-7,10H,8-9H2,1-2H3,(H,28,29,33). The van der Waals surface area contributed by atoms with E-state index in [2.05, 4.69) is 15.4 Å². The lowest BCUT2D eigenvalue weighted by Gasteiger charge is -2.29. The molecule has 1 aliphatic rings. The number of aryl methyl sites for hydroxylation is 1. The van der Waals surface area contributed by atoms with E-state index in [1.807, 2.05) is 4.90 Å². The monoisotopic (exact) mass is 485 g/mol. The summed E-state index contributed by atoms with van der Waals surface area (Å²) in [6, 6.07) is 6.19. The molecule has 13 heteroatoms. The number of alkyl halides is 6. The van der Waals surface area contributed by atoms with Gasteiger partial charge in [-0.1, -0.05) is 6.07 Å². The molecule has 4 rings (SSSR count). The summed E-state index contributed by atoms with van der Waals surface area (Å²) in [6.45, 7) is 0.774. The summed E-state index contributed by atoms with van der Waals surface area (Å²) < 4.78 is 87.7. The van der Waals surface area contributed by atoms with Gasteiger partial charge in [0.15, 0.2) is 5.75 Å². The number of nitrogens with one attached hydrogen (secondary N) is 1. The van der Waals surface area contributed by atoms with E-state index in [1.165, 1.54) is 6.07 Å². The summed E-state index contributed by atoms with van der Waals surface area (Å²) in [4.78, 5) is 17.8. The number of pyridine rings is 1. The van der Waals surface area contributed by atoms with Gasteiger partial charge in [-0.2, -0.15) is 31.4 Å². The number of aromatic nitrogens is 3. The van der Waals surface area contributed by atoms with E-state index in [0.29, 0.717) is 18.3 Å². The number of likely N-dealkylation sites (N-methyl/N-ethyl adjacent to an activating group) is 1. The zero-order chi connectivity index (χ0) is 24.8. The third kappa shape index (κ3) is 4.24. The number of hydrogen-bond acceptors (Lipinski definition) is 5. The van der Waals surface area contributed by atoms with Crippen LogP contribution in [0.1, 0.15) is 21.7 Å². The number of para-hydroxylation sites is 1. The molecule has 0 spiro atoms. The van der Waals surface area contributed by atoms with Crippen LogP contribution in [0, 0.1) is 0 Å². The molecular formula is C21H17F6N5O2. The van der Waals surface area contributed by atoms with Gasteiger partial charge in [-0.05, 0) is 24.3 Å². The molecule has 0 saturated carbocycles. The van der Waals surface area contributed by atoms with Crippen molar-refractivity contribution in [3.8, 4) is 17.0 Å². The SMILES string of the molecule is CN1CCOc2c(-c3nn(C)c(C(=O)Nc4ccnc(C(F)(F)F)c4)c3C(F)(F)F)cccc21. The second kappa shape index (κ2) is 8.22. The Kier molecular flexibility index (Phi) is 5.66. The van der Waals surface area contributed by atoms with Gasteiger partial charge in [-0.15, -0.1) is 0 Å². The highest BCUT2D eigenvalue weighted by Gasteiger charge is 2.43. The van der Waals surface area contributed by atoms with Gasteiger partial charge in [0.2, 0.25) is 0 Å². The van der Waals surface area contributed by atoms with Crippen molar-refractivity contribution in [3.05, 3.63) is 53.5 Å². The van der Waals surface area contributed by atoms with Gasteiger partial charge in [0.25, 0.3) is 5.91 Å². The number of ether oxygens (including phenoxy) is 1. The first kappa shape index (κ1) is 23.4. The fourth-order valence-corrected chi connectivity index (χ4v) is 3.66. The molecule has 0 unspecified atom stereocenters. The Labute approximate surface area is 188 Å². The van der Waals surface area contributed by atoms with Crippen LogP contribution in [-0.2, 0) is 19.4 Å². The summed E-state index contributed by atoms with van der Waals surface area (Å²) in [5.74, 6) is -1.09. The number of rotatable bonds is 3. The van der Waals surface area contributed by atoms with Crippen molar-refractivity contribution in [2.45, 2.75) is 12.4 Å². The van der Waals surface area contributed by atoms with Gasteiger partial charge in [-0.3, -0.25) is 14.5 Å². The van der Waals surface area contributed by atoms with Crippen molar-refractivity contribution in [3.63, 3.8) is 0 Å². The van der Waals surface area contributed by atoms with Crippen LogP contribution in [0.3, 0.4) is 0 Å². The number of nitrogens with zero attached hydrogens (tertiary/aromatic N) is 4. The number of benzene rings is 1.